The lowest BCUT2D eigenvalue weighted by Gasteiger charge is -2.16. The minimum absolute atomic E-state index is 0.00276. The number of hydrogen-bond donors (Lipinski definition) is 0. The van der Waals surface area contributed by atoms with Gasteiger partial charge in [-0.25, -0.2) is 0 Å². The first kappa shape index (κ1) is 9.21. The molecule has 0 N–H and O–H groups in total. The van der Waals surface area contributed by atoms with Crippen molar-refractivity contribution in [3.63, 3.8) is 0 Å². The van der Waals surface area contributed by atoms with Crippen LogP contribution in [0, 0.1) is 0 Å². The molecule has 0 nitrogen and oxygen atoms in total. The molecule has 0 atom stereocenters. The predicted molar refractivity (Wildman–Crippen MR) is 117 cm³/mol. The quantitative estimate of drug-likeness (QED) is 0.275. The molecule has 0 fully saturated rings. The number of hydrogen-bond acceptors (Lipinski definition) is 0. The fourth-order valence-electron chi connectivity index (χ4n) is 3.30. The molecule has 128 valence electrons. The Balaban J connectivity index is 2.15. The second kappa shape index (κ2) is 6.57. The van der Waals surface area contributed by atoms with Crippen LogP contribution in [-0.4, -0.2) is 0 Å². The third-order valence-corrected chi connectivity index (χ3v) is 4.79. The van der Waals surface area contributed by atoms with E-state index in [-0.39, 0.29) is 33.2 Å². The van der Waals surface area contributed by atoms with Crippen LogP contribution in [0.2, 0.25) is 5.02 Å². The fourth-order valence-corrected chi connectivity index (χ4v) is 3.59. The van der Waals surface area contributed by atoms with Crippen molar-refractivity contribution in [2.24, 2.45) is 0 Å². The largest absolute Gasteiger partial charge is 0.0836 e. The Bertz CT molecular complexity index is 1730. The van der Waals surface area contributed by atoms with Crippen LogP contribution in [0.4, 0.5) is 0 Å². The van der Waals surface area contributed by atoms with Gasteiger partial charge in [0, 0.05) is 10.6 Å². The molecule has 5 aromatic carbocycles. The molecule has 0 heterocycles. The molecule has 0 spiro atoms. The predicted octanol–water partition coefficient (Wildman–Crippen LogP) is 7.98. The third-order valence-electron chi connectivity index (χ3n) is 4.47. The second-order valence-corrected chi connectivity index (χ2v) is 6.44. The van der Waals surface area contributed by atoms with Crippen molar-refractivity contribution < 1.29 is 12.3 Å². The van der Waals surface area contributed by atoms with Crippen molar-refractivity contribution in [2.75, 3.05) is 0 Å². The summed E-state index contributed by atoms with van der Waals surface area (Å²) in [7, 11) is 0. The maximum absolute atomic E-state index is 9.14. The lowest BCUT2D eigenvalue weighted by Crippen LogP contribution is -1.89. The molecule has 27 heavy (non-hydrogen) atoms. The average Bonchev–Trinajstić information content (AvgIpc) is 2.87. The third kappa shape index (κ3) is 2.70. The summed E-state index contributed by atoms with van der Waals surface area (Å²) in [5, 5.41) is 0.0747. The summed E-state index contributed by atoms with van der Waals surface area (Å²) in [5.74, 6) is 0. The molecule has 1 heteroatoms. The van der Waals surface area contributed by atoms with E-state index in [2.05, 4.69) is 0 Å². The Kier molecular flexibility index (Phi) is 2.24. The van der Waals surface area contributed by atoms with Gasteiger partial charge in [-0.3, -0.25) is 0 Å². The highest BCUT2D eigenvalue weighted by molar-refractivity contribution is 6.34. The number of fused-ring (bicyclic) bond motifs is 3. The standard InChI is InChI=1S/C26H17Cl/c27-25-16-8-15-23(26(25)18-9-2-1-3-10-18)24-17-19-11-4-5-12-20(19)21-13-6-7-14-22(21)24/h1-17H/i4D,5D,6D,7D,11D,12D,13D,14D,17D. The van der Waals surface area contributed by atoms with E-state index < -0.39 is 48.3 Å². The van der Waals surface area contributed by atoms with Crippen LogP contribution in [0.15, 0.2) is 103 Å². The highest BCUT2D eigenvalue weighted by Gasteiger charge is 2.14. The van der Waals surface area contributed by atoms with E-state index in [9.17, 15) is 0 Å². The van der Waals surface area contributed by atoms with Crippen molar-refractivity contribution in [2.45, 2.75) is 0 Å². The van der Waals surface area contributed by atoms with Gasteiger partial charge in [-0.05, 0) is 50.3 Å². The Morgan fingerprint density at radius 2 is 1.33 bits per heavy atom. The van der Waals surface area contributed by atoms with Crippen molar-refractivity contribution >= 4 is 33.1 Å². The van der Waals surface area contributed by atoms with Crippen molar-refractivity contribution in [3.8, 4) is 22.3 Å². The summed E-state index contributed by atoms with van der Waals surface area (Å²) >= 11 is 6.63. The monoisotopic (exact) mass is 373 g/mol. The topological polar surface area (TPSA) is 0 Å². The van der Waals surface area contributed by atoms with Gasteiger partial charge in [0.05, 0.1) is 12.3 Å². The van der Waals surface area contributed by atoms with E-state index >= 15 is 0 Å². The number of rotatable bonds is 2. The molecule has 0 amide bonds. The summed E-state index contributed by atoms with van der Waals surface area (Å²) in [6.45, 7) is 0. The minimum atomic E-state index is -0.541. The molecule has 0 aromatic heterocycles. The van der Waals surface area contributed by atoms with Crippen LogP contribution in [0.1, 0.15) is 12.3 Å². The molecule has 5 aromatic rings. The minimum Gasteiger partial charge on any atom is -0.0836 e. The Morgan fingerprint density at radius 3 is 2.15 bits per heavy atom. The van der Waals surface area contributed by atoms with Crippen LogP contribution in [0.5, 0.6) is 0 Å². The molecule has 0 radical (unpaired) electrons. The first-order valence-corrected chi connectivity index (χ1v) is 8.72. The zero-order chi connectivity index (χ0) is 26.0. The van der Waals surface area contributed by atoms with Gasteiger partial charge in [0.2, 0.25) is 0 Å². The zero-order valence-corrected chi connectivity index (χ0v) is 14.8. The van der Waals surface area contributed by atoms with E-state index in [4.69, 9.17) is 23.9 Å². The lowest BCUT2D eigenvalue weighted by molar-refractivity contribution is 1.60. The molecule has 0 unspecified atom stereocenters. The van der Waals surface area contributed by atoms with Crippen molar-refractivity contribution in [1.29, 1.82) is 0 Å². The van der Waals surface area contributed by atoms with Gasteiger partial charge < -0.3 is 0 Å². The molecule has 5 rings (SSSR count). The van der Waals surface area contributed by atoms with Gasteiger partial charge in [-0.15, -0.1) is 0 Å². The summed E-state index contributed by atoms with van der Waals surface area (Å²) in [5.41, 5.74) is 1.81. The van der Waals surface area contributed by atoms with E-state index in [1.807, 2.05) is 30.3 Å². The summed E-state index contributed by atoms with van der Waals surface area (Å²) in [4.78, 5) is 0. The zero-order valence-electron chi connectivity index (χ0n) is 23.0. The van der Waals surface area contributed by atoms with Gasteiger partial charge in [-0.1, -0.05) is 102 Å². The van der Waals surface area contributed by atoms with Gasteiger partial charge in [0.15, 0.2) is 0 Å². The molecule has 0 aliphatic heterocycles. The molecule has 0 aliphatic carbocycles. The van der Waals surface area contributed by atoms with E-state index in [0.29, 0.717) is 16.1 Å². The molecule has 0 aliphatic rings. The Labute approximate surface area is 176 Å². The molecule has 0 saturated heterocycles. The number of benzene rings is 5. The van der Waals surface area contributed by atoms with Crippen LogP contribution in [0.25, 0.3) is 43.8 Å². The average molecular weight is 374 g/mol. The van der Waals surface area contributed by atoms with Gasteiger partial charge in [-0.2, -0.15) is 0 Å². The maximum atomic E-state index is 9.14. The fraction of sp³-hybridized carbons (Fsp3) is 0. The van der Waals surface area contributed by atoms with Crippen LogP contribution in [0.3, 0.4) is 0 Å². The molecule has 0 bridgehead atoms. The Hall–Kier alpha value is -3.09. The van der Waals surface area contributed by atoms with Gasteiger partial charge in [0.25, 0.3) is 0 Å². The summed E-state index contributed by atoms with van der Waals surface area (Å²) < 4.78 is 76.5. The first-order chi connectivity index (χ1) is 17.1. The van der Waals surface area contributed by atoms with Crippen LogP contribution in [-0.2, 0) is 0 Å². The lowest BCUT2D eigenvalue weighted by atomic mass is 9.89. The van der Waals surface area contributed by atoms with Crippen LogP contribution >= 0.6 is 11.6 Å². The van der Waals surface area contributed by atoms with Crippen molar-refractivity contribution in [1.82, 2.24) is 0 Å². The van der Waals surface area contributed by atoms with Gasteiger partial charge in [0.1, 0.15) is 0 Å². The summed E-state index contributed by atoms with van der Waals surface area (Å²) in [6.07, 6.45) is 0. The molecular weight excluding hydrogens is 348 g/mol. The van der Waals surface area contributed by atoms with E-state index in [1.165, 1.54) is 0 Å². The van der Waals surface area contributed by atoms with E-state index in [1.54, 1.807) is 18.2 Å². The summed E-state index contributed by atoms with van der Waals surface area (Å²) in [6, 6.07) is 10.1. The van der Waals surface area contributed by atoms with Gasteiger partial charge >= 0.3 is 0 Å². The first-order valence-electron chi connectivity index (χ1n) is 12.8. The Morgan fingerprint density at radius 1 is 0.630 bits per heavy atom. The molecular formula is C26H17Cl. The second-order valence-electron chi connectivity index (χ2n) is 6.03. The smallest absolute Gasteiger partial charge is 0.0636 e. The normalized spacial score (nSPS) is 15.8. The number of halogens is 1. The highest BCUT2D eigenvalue weighted by atomic mass is 35.5. The van der Waals surface area contributed by atoms with E-state index in [0.717, 1.165) is 5.56 Å². The highest BCUT2D eigenvalue weighted by Crippen LogP contribution is 2.42. The maximum Gasteiger partial charge on any atom is 0.0636 e. The molecule has 0 saturated carbocycles. The van der Waals surface area contributed by atoms with Crippen molar-refractivity contribution in [3.05, 3.63) is 108 Å². The van der Waals surface area contributed by atoms with Crippen LogP contribution < -0.4 is 0 Å². The SMILES string of the molecule is [2H]c1c([2H])c([2H])c2c(c1[2H])c([2H])c(-c1cccc(Cl)c1-c1ccccc1)c1c([2H])c([2H])c([2H])c([2H])c12.